The smallest absolute Gasteiger partial charge is 0.237 e. The van der Waals surface area contributed by atoms with Crippen LogP contribution in [-0.4, -0.2) is 15.9 Å². The number of benzene rings is 1. The largest absolute Gasteiger partial charge is 0.435 e. The van der Waals surface area contributed by atoms with Crippen LogP contribution in [0.25, 0.3) is 32.0 Å². The molecule has 0 aliphatic carbocycles. The third-order valence-corrected chi connectivity index (χ3v) is 5.62. The molecule has 5 rings (SSSR count). The first-order valence-electron chi connectivity index (χ1n) is 7.63. The van der Waals surface area contributed by atoms with E-state index in [1.165, 1.54) is 0 Å². The van der Waals surface area contributed by atoms with E-state index < -0.39 is 5.41 Å². The summed E-state index contributed by atoms with van der Waals surface area (Å²) in [6.45, 7) is 3.83. The Morgan fingerprint density at radius 3 is 2.96 bits per heavy atom. The molecule has 0 spiro atoms. The molecule has 5 nitrogen and oxygen atoms in total. The van der Waals surface area contributed by atoms with Crippen molar-refractivity contribution in [3.63, 3.8) is 0 Å². The fourth-order valence-corrected chi connectivity index (χ4v) is 4.05. The van der Waals surface area contributed by atoms with Gasteiger partial charge in [-0.25, -0.2) is 4.98 Å². The van der Waals surface area contributed by atoms with E-state index in [0.717, 1.165) is 31.7 Å². The molecule has 1 aromatic carbocycles. The molecule has 6 heteroatoms. The second-order valence-electron chi connectivity index (χ2n) is 6.49. The highest BCUT2D eigenvalue weighted by Crippen LogP contribution is 2.41. The van der Waals surface area contributed by atoms with Crippen molar-refractivity contribution in [1.82, 2.24) is 9.97 Å². The van der Waals surface area contributed by atoms with Crippen LogP contribution in [0.3, 0.4) is 0 Å². The van der Waals surface area contributed by atoms with E-state index in [9.17, 15) is 4.79 Å². The molecular formula is C18H13N3O2S. The van der Waals surface area contributed by atoms with Crippen LogP contribution in [0, 0.1) is 0 Å². The number of fused-ring (bicyclic) bond motifs is 3. The summed E-state index contributed by atoms with van der Waals surface area (Å²) in [5, 5.41) is 4.05. The van der Waals surface area contributed by atoms with Crippen molar-refractivity contribution in [2.24, 2.45) is 0 Å². The number of nitrogens with zero attached hydrogens (tertiary/aromatic N) is 2. The van der Waals surface area contributed by atoms with Gasteiger partial charge in [0.1, 0.15) is 5.52 Å². The topological polar surface area (TPSA) is 68.0 Å². The Morgan fingerprint density at radius 1 is 1.25 bits per heavy atom. The van der Waals surface area contributed by atoms with Crippen molar-refractivity contribution in [1.29, 1.82) is 0 Å². The lowest BCUT2D eigenvalue weighted by Gasteiger charge is -2.14. The second kappa shape index (κ2) is 4.42. The SMILES string of the molecule is CC1(C)C(=O)Nc2cc3oc(-c4cc5ccncc5s4)nc3cc21. The summed E-state index contributed by atoms with van der Waals surface area (Å²) in [5.41, 5.74) is 2.66. The van der Waals surface area contributed by atoms with E-state index in [-0.39, 0.29) is 5.91 Å². The van der Waals surface area contributed by atoms with Gasteiger partial charge in [-0.2, -0.15) is 0 Å². The molecule has 118 valence electrons. The van der Waals surface area contributed by atoms with Crippen molar-refractivity contribution in [2.45, 2.75) is 19.3 Å². The minimum Gasteiger partial charge on any atom is -0.435 e. The Balaban J connectivity index is 1.68. The maximum absolute atomic E-state index is 12.1. The van der Waals surface area contributed by atoms with Crippen LogP contribution in [0.2, 0.25) is 0 Å². The van der Waals surface area contributed by atoms with Gasteiger partial charge in [-0.3, -0.25) is 9.78 Å². The van der Waals surface area contributed by atoms with Gasteiger partial charge in [-0.1, -0.05) is 0 Å². The van der Waals surface area contributed by atoms with E-state index in [1.54, 1.807) is 17.5 Å². The quantitative estimate of drug-likeness (QED) is 0.562. The summed E-state index contributed by atoms with van der Waals surface area (Å²) in [6, 6.07) is 7.85. The van der Waals surface area contributed by atoms with Crippen LogP contribution in [0.1, 0.15) is 19.4 Å². The van der Waals surface area contributed by atoms with Gasteiger partial charge in [0, 0.05) is 24.1 Å². The number of carbonyl (C=O) groups excluding carboxylic acids is 1. The summed E-state index contributed by atoms with van der Waals surface area (Å²) >= 11 is 1.61. The first kappa shape index (κ1) is 13.7. The predicted molar refractivity (Wildman–Crippen MR) is 94.3 cm³/mol. The number of nitrogens with one attached hydrogen (secondary N) is 1. The summed E-state index contributed by atoms with van der Waals surface area (Å²) < 4.78 is 7.04. The van der Waals surface area contributed by atoms with Crippen LogP contribution in [-0.2, 0) is 10.2 Å². The fourth-order valence-electron chi connectivity index (χ4n) is 3.09. The summed E-state index contributed by atoms with van der Waals surface area (Å²) in [7, 11) is 0. The normalized spacial score (nSPS) is 15.8. The molecule has 0 saturated carbocycles. The zero-order valence-corrected chi connectivity index (χ0v) is 13.9. The van der Waals surface area contributed by atoms with Crippen molar-refractivity contribution >= 4 is 44.1 Å². The molecular weight excluding hydrogens is 322 g/mol. The molecule has 0 bridgehead atoms. The molecule has 4 heterocycles. The number of hydrogen-bond donors (Lipinski definition) is 1. The lowest BCUT2D eigenvalue weighted by atomic mass is 9.86. The molecule has 4 aromatic rings. The highest BCUT2D eigenvalue weighted by Gasteiger charge is 2.39. The number of amides is 1. The Bertz CT molecular complexity index is 1110. The monoisotopic (exact) mass is 335 g/mol. The van der Waals surface area contributed by atoms with E-state index in [0.29, 0.717) is 11.5 Å². The van der Waals surface area contributed by atoms with E-state index in [4.69, 9.17) is 4.42 Å². The minimum absolute atomic E-state index is 0.00221. The maximum atomic E-state index is 12.1. The number of aromatic nitrogens is 2. The molecule has 1 N–H and O–H groups in total. The van der Waals surface area contributed by atoms with Crippen molar-refractivity contribution in [3.05, 3.63) is 42.2 Å². The van der Waals surface area contributed by atoms with Gasteiger partial charge in [0.05, 0.1) is 15.0 Å². The summed E-state index contributed by atoms with van der Waals surface area (Å²) in [6.07, 6.45) is 3.62. The van der Waals surface area contributed by atoms with E-state index in [2.05, 4.69) is 21.4 Å². The van der Waals surface area contributed by atoms with E-state index >= 15 is 0 Å². The number of hydrogen-bond acceptors (Lipinski definition) is 5. The molecule has 0 unspecified atom stereocenters. The molecule has 1 aliphatic rings. The molecule has 1 amide bonds. The lowest BCUT2D eigenvalue weighted by Crippen LogP contribution is -2.26. The first-order chi connectivity index (χ1) is 11.5. The minimum atomic E-state index is -0.550. The van der Waals surface area contributed by atoms with Gasteiger partial charge in [0.25, 0.3) is 0 Å². The first-order valence-corrected chi connectivity index (χ1v) is 8.44. The lowest BCUT2D eigenvalue weighted by molar-refractivity contribution is -0.119. The Kier molecular flexibility index (Phi) is 2.52. The molecule has 3 aromatic heterocycles. The number of oxazole rings is 1. The van der Waals surface area contributed by atoms with Gasteiger partial charge in [-0.05, 0) is 43.0 Å². The Hall–Kier alpha value is -2.73. The number of thiophene rings is 1. The second-order valence-corrected chi connectivity index (χ2v) is 7.57. The van der Waals surface area contributed by atoms with Gasteiger partial charge in [0.2, 0.25) is 11.8 Å². The number of anilines is 1. The Labute approximate surface area is 141 Å². The van der Waals surface area contributed by atoms with E-state index in [1.807, 2.05) is 38.2 Å². The zero-order chi connectivity index (χ0) is 16.5. The fraction of sp³-hybridized carbons (Fsp3) is 0.167. The highest BCUT2D eigenvalue weighted by atomic mass is 32.1. The Morgan fingerprint density at radius 2 is 2.12 bits per heavy atom. The zero-order valence-electron chi connectivity index (χ0n) is 13.1. The van der Waals surface area contributed by atoms with Crippen molar-refractivity contribution < 1.29 is 9.21 Å². The van der Waals surface area contributed by atoms with Crippen molar-refractivity contribution in [3.8, 4) is 10.8 Å². The third kappa shape index (κ3) is 1.77. The third-order valence-electron chi connectivity index (χ3n) is 4.55. The average molecular weight is 335 g/mol. The van der Waals surface area contributed by atoms with Gasteiger partial charge >= 0.3 is 0 Å². The molecule has 0 atom stereocenters. The highest BCUT2D eigenvalue weighted by molar-refractivity contribution is 7.22. The molecule has 1 aliphatic heterocycles. The van der Waals surface area contributed by atoms with Crippen LogP contribution in [0.5, 0.6) is 0 Å². The summed E-state index contributed by atoms with van der Waals surface area (Å²) in [5.74, 6) is 0.599. The molecule has 0 radical (unpaired) electrons. The standard InChI is InChI=1S/C18H13N3O2S/c1-18(2)10-6-12-13(7-11(10)21-17(18)22)23-16(20-12)14-5-9-3-4-19-8-15(9)24-14/h3-8H,1-2H3,(H,21,22). The number of pyridine rings is 1. The average Bonchev–Trinajstić information content (AvgIpc) is 3.21. The van der Waals surface area contributed by atoms with Crippen molar-refractivity contribution in [2.75, 3.05) is 5.32 Å². The molecule has 0 fully saturated rings. The van der Waals surface area contributed by atoms with Gasteiger partial charge in [-0.15, -0.1) is 11.3 Å². The predicted octanol–water partition coefficient (Wildman–Crippen LogP) is 4.33. The number of rotatable bonds is 1. The van der Waals surface area contributed by atoms with Gasteiger partial charge in [0.15, 0.2) is 5.58 Å². The summed E-state index contributed by atoms with van der Waals surface area (Å²) in [4.78, 5) is 21.8. The van der Waals surface area contributed by atoms with Gasteiger partial charge < -0.3 is 9.73 Å². The number of carbonyl (C=O) groups is 1. The van der Waals surface area contributed by atoms with Crippen LogP contribution in [0.15, 0.2) is 41.1 Å². The molecule has 24 heavy (non-hydrogen) atoms. The van der Waals surface area contributed by atoms with Crippen LogP contribution in [0.4, 0.5) is 5.69 Å². The molecule has 0 saturated heterocycles. The van der Waals surface area contributed by atoms with Crippen LogP contribution >= 0.6 is 11.3 Å². The maximum Gasteiger partial charge on any atom is 0.237 e. The van der Waals surface area contributed by atoms with Crippen LogP contribution < -0.4 is 5.32 Å².